The van der Waals surface area contributed by atoms with Crippen LogP contribution < -0.4 is 0 Å². The largest absolute Gasteiger partial charge is 0.338 e. The summed E-state index contributed by atoms with van der Waals surface area (Å²) < 4.78 is 16.9. The number of nitrogens with zero attached hydrogens (tertiary/aromatic N) is 3. The SMILES string of the molecule is O=C(c1snnc1-c1ccc(F)cc1)N1CCCCCC1. The minimum atomic E-state index is -0.303. The number of carbonyl (C=O) groups is 1. The molecule has 0 N–H and O–H groups in total. The Labute approximate surface area is 126 Å². The van der Waals surface area contributed by atoms with Gasteiger partial charge in [0, 0.05) is 18.7 Å². The standard InChI is InChI=1S/C15H16FN3OS/c16-12-7-5-11(6-8-12)13-14(21-18-17-13)15(20)19-9-3-1-2-4-10-19/h5-8H,1-4,9-10H2. The first-order valence-electron chi connectivity index (χ1n) is 7.13. The van der Waals surface area contributed by atoms with Crippen molar-refractivity contribution >= 4 is 17.4 Å². The van der Waals surface area contributed by atoms with Crippen molar-refractivity contribution in [3.8, 4) is 11.3 Å². The third kappa shape index (κ3) is 3.10. The number of rotatable bonds is 2. The van der Waals surface area contributed by atoms with Gasteiger partial charge in [-0.05, 0) is 48.6 Å². The minimum absolute atomic E-state index is 0.00812. The zero-order valence-corrected chi connectivity index (χ0v) is 12.4. The second kappa shape index (κ2) is 6.30. The number of carbonyl (C=O) groups excluding carboxylic acids is 1. The Hall–Kier alpha value is -1.82. The second-order valence-electron chi connectivity index (χ2n) is 5.16. The molecular weight excluding hydrogens is 289 g/mol. The van der Waals surface area contributed by atoms with E-state index in [9.17, 15) is 9.18 Å². The number of amides is 1. The number of hydrogen-bond donors (Lipinski definition) is 0. The number of aromatic nitrogens is 2. The molecule has 1 amide bonds. The molecule has 3 rings (SSSR count). The topological polar surface area (TPSA) is 46.1 Å². The Balaban J connectivity index is 1.87. The molecule has 0 unspecified atom stereocenters. The number of likely N-dealkylation sites (tertiary alicyclic amines) is 1. The predicted octanol–water partition coefficient (Wildman–Crippen LogP) is 3.36. The summed E-state index contributed by atoms with van der Waals surface area (Å²) in [6.45, 7) is 1.58. The van der Waals surface area contributed by atoms with E-state index in [1.54, 1.807) is 12.1 Å². The fraction of sp³-hybridized carbons (Fsp3) is 0.400. The molecule has 0 atom stereocenters. The monoisotopic (exact) mass is 305 g/mol. The fourth-order valence-corrected chi connectivity index (χ4v) is 3.20. The Bertz CT molecular complexity index is 618. The van der Waals surface area contributed by atoms with Crippen LogP contribution in [-0.4, -0.2) is 33.5 Å². The first kappa shape index (κ1) is 14.1. The molecule has 6 heteroatoms. The Morgan fingerprint density at radius 3 is 2.43 bits per heavy atom. The van der Waals surface area contributed by atoms with Crippen LogP contribution in [0.15, 0.2) is 24.3 Å². The number of halogens is 1. The average molecular weight is 305 g/mol. The predicted molar refractivity (Wildman–Crippen MR) is 79.7 cm³/mol. The second-order valence-corrected chi connectivity index (χ2v) is 5.92. The van der Waals surface area contributed by atoms with Crippen molar-refractivity contribution in [1.29, 1.82) is 0 Å². The third-order valence-electron chi connectivity index (χ3n) is 3.69. The Kier molecular flexibility index (Phi) is 4.24. The van der Waals surface area contributed by atoms with Crippen molar-refractivity contribution in [3.63, 3.8) is 0 Å². The van der Waals surface area contributed by atoms with Gasteiger partial charge >= 0.3 is 0 Å². The summed E-state index contributed by atoms with van der Waals surface area (Å²) in [5.74, 6) is -0.312. The van der Waals surface area contributed by atoms with E-state index >= 15 is 0 Å². The van der Waals surface area contributed by atoms with E-state index in [1.165, 1.54) is 25.0 Å². The van der Waals surface area contributed by atoms with Crippen LogP contribution in [0.25, 0.3) is 11.3 Å². The highest BCUT2D eigenvalue weighted by molar-refractivity contribution is 7.08. The lowest BCUT2D eigenvalue weighted by Gasteiger charge is -2.19. The lowest BCUT2D eigenvalue weighted by Crippen LogP contribution is -2.31. The summed E-state index contributed by atoms with van der Waals surface area (Å²) in [6, 6.07) is 6.00. The first-order valence-corrected chi connectivity index (χ1v) is 7.90. The molecule has 0 saturated carbocycles. The van der Waals surface area contributed by atoms with Crippen molar-refractivity contribution < 1.29 is 9.18 Å². The molecule has 1 aliphatic heterocycles. The quantitative estimate of drug-likeness (QED) is 0.854. The average Bonchev–Trinajstić information content (AvgIpc) is 2.82. The summed E-state index contributed by atoms with van der Waals surface area (Å²) in [5, 5.41) is 4.05. The maximum absolute atomic E-state index is 13.0. The van der Waals surface area contributed by atoms with Crippen LogP contribution in [0.5, 0.6) is 0 Å². The minimum Gasteiger partial charge on any atom is -0.338 e. The van der Waals surface area contributed by atoms with Crippen LogP contribution in [0.3, 0.4) is 0 Å². The first-order chi connectivity index (χ1) is 10.3. The van der Waals surface area contributed by atoms with Crippen LogP contribution in [-0.2, 0) is 0 Å². The van der Waals surface area contributed by atoms with E-state index in [4.69, 9.17) is 0 Å². The molecule has 1 aliphatic rings. The van der Waals surface area contributed by atoms with Gasteiger partial charge in [0.1, 0.15) is 16.4 Å². The summed E-state index contributed by atoms with van der Waals surface area (Å²) in [6.07, 6.45) is 4.44. The molecule has 2 aromatic rings. The summed E-state index contributed by atoms with van der Waals surface area (Å²) in [4.78, 5) is 15.1. The molecule has 0 bridgehead atoms. The van der Waals surface area contributed by atoms with E-state index < -0.39 is 0 Å². The van der Waals surface area contributed by atoms with Crippen molar-refractivity contribution in [2.45, 2.75) is 25.7 Å². The van der Waals surface area contributed by atoms with Crippen LogP contribution in [0, 0.1) is 5.82 Å². The van der Waals surface area contributed by atoms with Gasteiger partial charge in [0.05, 0.1) is 0 Å². The Morgan fingerprint density at radius 2 is 1.76 bits per heavy atom. The van der Waals surface area contributed by atoms with Crippen molar-refractivity contribution in [1.82, 2.24) is 14.5 Å². The summed E-state index contributed by atoms with van der Waals surface area (Å²) in [5.41, 5.74) is 1.28. The van der Waals surface area contributed by atoms with Gasteiger partial charge in [-0.2, -0.15) is 0 Å². The molecule has 4 nitrogen and oxygen atoms in total. The van der Waals surface area contributed by atoms with Gasteiger partial charge < -0.3 is 4.90 Å². The molecule has 0 radical (unpaired) electrons. The highest BCUT2D eigenvalue weighted by Gasteiger charge is 2.23. The van der Waals surface area contributed by atoms with Gasteiger partial charge in [-0.1, -0.05) is 17.3 Å². The van der Waals surface area contributed by atoms with Crippen molar-refractivity contribution in [2.75, 3.05) is 13.1 Å². The smallest absolute Gasteiger partial charge is 0.267 e. The highest BCUT2D eigenvalue weighted by atomic mass is 32.1. The molecular formula is C15H16FN3OS. The van der Waals surface area contributed by atoms with E-state index in [0.29, 0.717) is 10.6 Å². The zero-order valence-electron chi connectivity index (χ0n) is 11.6. The fourth-order valence-electron chi connectivity index (χ4n) is 2.55. The van der Waals surface area contributed by atoms with Gasteiger partial charge in [-0.15, -0.1) is 5.10 Å². The molecule has 0 spiro atoms. The maximum atomic E-state index is 13.0. The number of benzene rings is 1. The van der Waals surface area contributed by atoms with Crippen LogP contribution in [0.4, 0.5) is 4.39 Å². The normalized spacial score (nSPS) is 15.8. The van der Waals surface area contributed by atoms with E-state index in [0.717, 1.165) is 43.0 Å². The molecule has 1 saturated heterocycles. The van der Waals surface area contributed by atoms with Crippen LogP contribution in [0.2, 0.25) is 0 Å². The van der Waals surface area contributed by atoms with Gasteiger partial charge in [0.25, 0.3) is 5.91 Å². The lowest BCUT2D eigenvalue weighted by atomic mass is 10.1. The van der Waals surface area contributed by atoms with Crippen molar-refractivity contribution in [3.05, 3.63) is 35.0 Å². The molecule has 110 valence electrons. The van der Waals surface area contributed by atoms with Gasteiger partial charge in [-0.25, -0.2) is 4.39 Å². The van der Waals surface area contributed by atoms with Crippen molar-refractivity contribution in [2.24, 2.45) is 0 Å². The molecule has 2 heterocycles. The van der Waals surface area contributed by atoms with E-state index in [2.05, 4.69) is 9.59 Å². The van der Waals surface area contributed by atoms with E-state index in [-0.39, 0.29) is 11.7 Å². The molecule has 1 aromatic heterocycles. The summed E-state index contributed by atoms with van der Waals surface area (Å²) >= 11 is 1.11. The number of hydrogen-bond acceptors (Lipinski definition) is 4. The Morgan fingerprint density at radius 1 is 1.10 bits per heavy atom. The van der Waals surface area contributed by atoms with E-state index in [1.807, 2.05) is 4.90 Å². The molecule has 1 aromatic carbocycles. The highest BCUT2D eigenvalue weighted by Crippen LogP contribution is 2.26. The van der Waals surface area contributed by atoms with Crippen LogP contribution in [0.1, 0.15) is 35.4 Å². The molecule has 21 heavy (non-hydrogen) atoms. The molecule has 1 fully saturated rings. The summed E-state index contributed by atoms with van der Waals surface area (Å²) in [7, 11) is 0. The lowest BCUT2D eigenvalue weighted by molar-refractivity contribution is 0.0767. The maximum Gasteiger partial charge on any atom is 0.267 e. The molecule has 0 aliphatic carbocycles. The van der Waals surface area contributed by atoms with Gasteiger partial charge in [0.2, 0.25) is 0 Å². The van der Waals surface area contributed by atoms with Gasteiger partial charge in [0.15, 0.2) is 0 Å². The zero-order chi connectivity index (χ0) is 14.7. The third-order valence-corrected chi connectivity index (χ3v) is 4.41. The van der Waals surface area contributed by atoms with Gasteiger partial charge in [-0.3, -0.25) is 4.79 Å². The van der Waals surface area contributed by atoms with Crippen LogP contribution >= 0.6 is 11.5 Å².